The molecule has 4 nitrogen and oxygen atoms in total. The number of aromatic nitrogens is 2. The average Bonchev–Trinajstić information content (AvgIpc) is 3.19. The molecule has 35 heavy (non-hydrogen) atoms. The zero-order valence-corrected chi connectivity index (χ0v) is 21.1. The highest BCUT2D eigenvalue weighted by Gasteiger charge is 2.26. The quantitative estimate of drug-likeness (QED) is 0.288. The summed E-state index contributed by atoms with van der Waals surface area (Å²) in [5, 5.41) is 10.5. The molecule has 0 saturated heterocycles. The van der Waals surface area contributed by atoms with E-state index in [1.54, 1.807) is 4.57 Å². The minimum absolute atomic E-state index is 0.0103. The van der Waals surface area contributed by atoms with Crippen LogP contribution in [0.3, 0.4) is 0 Å². The number of fused-ring (bicyclic) bond motifs is 3. The highest BCUT2D eigenvalue weighted by Crippen LogP contribution is 2.39. The lowest BCUT2D eigenvalue weighted by Gasteiger charge is -2.19. The van der Waals surface area contributed by atoms with Crippen molar-refractivity contribution in [2.75, 3.05) is 0 Å². The fraction of sp³-hybridized carbons (Fsp3) is 0.226. The topological polar surface area (TPSA) is 50.2 Å². The van der Waals surface area contributed by atoms with Gasteiger partial charge in [0.1, 0.15) is 11.6 Å². The molecule has 0 radical (unpaired) electrons. The summed E-state index contributed by atoms with van der Waals surface area (Å²) in [7, 11) is 1.81. The van der Waals surface area contributed by atoms with Crippen LogP contribution in [-0.2, 0) is 12.5 Å². The van der Waals surface area contributed by atoms with Gasteiger partial charge in [0.15, 0.2) is 0 Å². The minimum atomic E-state index is -0.116. The number of nitrogens with zero attached hydrogens (tertiary/aromatic N) is 3. The molecule has 174 valence electrons. The Bertz CT molecular complexity index is 1700. The van der Waals surface area contributed by atoms with Crippen LogP contribution >= 0.6 is 0 Å². The van der Waals surface area contributed by atoms with E-state index in [2.05, 4.69) is 65.0 Å². The first-order chi connectivity index (χ1) is 16.6. The molecule has 0 fully saturated rings. The van der Waals surface area contributed by atoms with Crippen molar-refractivity contribution in [2.45, 2.75) is 40.0 Å². The summed E-state index contributed by atoms with van der Waals surface area (Å²) in [4.78, 5) is 13.9. The maximum absolute atomic E-state index is 13.9. The highest BCUT2D eigenvalue weighted by molar-refractivity contribution is 5.97. The number of nitriles is 1. The predicted octanol–water partition coefficient (Wildman–Crippen LogP) is 6.91. The third kappa shape index (κ3) is 3.47. The maximum Gasteiger partial charge on any atom is 0.275 e. The first-order valence-corrected chi connectivity index (χ1v) is 11.9. The van der Waals surface area contributed by atoms with E-state index >= 15 is 0 Å². The van der Waals surface area contributed by atoms with E-state index in [9.17, 15) is 10.1 Å². The van der Waals surface area contributed by atoms with Crippen LogP contribution in [-0.4, -0.2) is 8.97 Å². The van der Waals surface area contributed by atoms with Crippen LogP contribution in [0.2, 0.25) is 0 Å². The van der Waals surface area contributed by atoms with Crippen molar-refractivity contribution in [3.05, 3.63) is 99.3 Å². The smallest absolute Gasteiger partial charge is 0.275 e. The molecule has 0 aliphatic heterocycles. The van der Waals surface area contributed by atoms with Crippen LogP contribution in [0.25, 0.3) is 38.9 Å². The molecule has 0 saturated carbocycles. The summed E-state index contributed by atoms with van der Waals surface area (Å²) in [6, 6.07) is 24.8. The van der Waals surface area contributed by atoms with Gasteiger partial charge in [-0.25, -0.2) is 0 Å². The van der Waals surface area contributed by atoms with E-state index in [1.807, 2.05) is 53.9 Å². The molecule has 0 aliphatic carbocycles. The standard InChI is InChI=1S/C31H29N3O/c1-19-16-25-26(17-20(19)2)34-28(22-10-8-7-9-11-22)24(18-32)27(29(34)30(35)33(25)6)21-12-14-23(15-13-21)31(3,4)5/h7-17H,1-6H3. The van der Waals surface area contributed by atoms with Gasteiger partial charge in [-0.3, -0.25) is 4.79 Å². The van der Waals surface area contributed by atoms with Gasteiger partial charge in [0.2, 0.25) is 0 Å². The van der Waals surface area contributed by atoms with Gasteiger partial charge in [0.25, 0.3) is 5.56 Å². The normalized spacial score (nSPS) is 11.8. The molecule has 4 heteroatoms. The van der Waals surface area contributed by atoms with Crippen molar-refractivity contribution < 1.29 is 0 Å². The summed E-state index contributed by atoms with van der Waals surface area (Å²) in [6.45, 7) is 10.7. The second-order valence-electron chi connectivity index (χ2n) is 10.4. The van der Waals surface area contributed by atoms with E-state index in [0.717, 1.165) is 39.0 Å². The summed E-state index contributed by atoms with van der Waals surface area (Å²) < 4.78 is 3.71. The molecule has 0 bridgehead atoms. The van der Waals surface area contributed by atoms with Crippen molar-refractivity contribution in [1.82, 2.24) is 8.97 Å². The summed E-state index contributed by atoms with van der Waals surface area (Å²) in [6.07, 6.45) is 0. The molecular weight excluding hydrogens is 430 g/mol. The largest absolute Gasteiger partial charge is 0.308 e. The number of hydrogen-bond acceptors (Lipinski definition) is 2. The van der Waals surface area contributed by atoms with Crippen LogP contribution in [0.15, 0.2) is 71.5 Å². The highest BCUT2D eigenvalue weighted by atomic mass is 16.1. The van der Waals surface area contributed by atoms with Crippen molar-refractivity contribution in [2.24, 2.45) is 7.05 Å². The van der Waals surface area contributed by atoms with Crippen LogP contribution in [0.4, 0.5) is 0 Å². The number of benzene rings is 3. The molecule has 0 spiro atoms. The first-order valence-electron chi connectivity index (χ1n) is 11.9. The third-order valence-corrected chi connectivity index (χ3v) is 7.07. The van der Waals surface area contributed by atoms with E-state index in [0.29, 0.717) is 16.6 Å². The Balaban J connectivity index is 2.02. The second kappa shape index (κ2) is 7.99. The third-order valence-electron chi connectivity index (χ3n) is 7.07. The van der Waals surface area contributed by atoms with Gasteiger partial charge in [-0.15, -0.1) is 0 Å². The first kappa shape index (κ1) is 22.7. The van der Waals surface area contributed by atoms with Gasteiger partial charge in [-0.2, -0.15) is 5.26 Å². The van der Waals surface area contributed by atoms with Crippen molar-refractivity contribution in [1.29, 1.82) is 5.26 Å². The SMILES string of the molecule is Cc1cc2c(cc1C)n1c(-c3ccccc3)c(C#N)c(-c3ccc(C(C)(C)C)cc3)c1c(=O)n2C. The van der Waals surface area contributed by atoms with E-state index in [4.69, 9.17) is 0 Å². The van der Waals surface area contributed by atoms with Gasteiger partial charge in [-0.1, -0.05) is 75.4 Å². The molecule has 0 amide bonds. The van der Waals surface area contributed by atoms with Gasteiger partial charge in [0, 0.05) is 12.6 Å². The molecule has 3 aromatic carbocycles. The van der Waals surface area contributed by atoms with Crippen molar-refractivity contribution in [3.8, 4) is 28.5 Å². The van der Waals surface area contributed by atoms with Crippen molar-refractivity contribution >= 4 is 16.6 Å². The van der Waals surface area contributed by atoms with Crippen LogP contribution in [0.5, 0.6) is 0 Å². The Hall–Kier alpha value is -4.10. The second-order valence-corrected chi connectivity index (χ2v) is 10.4. The molecule has 5 rings (SSSR count). The summed E-state index contributed by atoms with van der Waals surface area (Å²) >= 11 is 0. The Labute approximate surface area is 205 Å². The Kier molecular flexibility index (Phi) is 5.18. The number of rotatable bonds is 2. The van der Waals surface area contributed by atoms with Crippen molar-refractivity contribution in [3.63, 3.8) is 0 Å². The molecule has 0 N–H and O–H groups in total. The van der Waals surface area contributed by atoms with Gasteiger partial charge in [0.05, 0.1) is 22.3 Å². The average molecular weight is 460 g/mol. The van der Waals surface area contributed by atoms with E-state index in [1.165, 1.54) is 5.56 Å². The fourth-order valence-corrected chi connectivity index (χ4v) is 4.91. The van der Waals surface area contributed by atoms with Crippen LogP contribution < -0.4 is 5.56 Å². The molecular formula is C31H29N3O. The van der Waals surface area contributed by atoms with E-state index in [-0.39, 0.29) is 11.0 Å². The number of aryl methyl sites for hydroxylation is 3. The summed E-state index contributed by atoms with van der Waals surface area (Å²) in [5.41, 5.74) is 9.38. The molecule has 2 aromatic heterocycles. The lowest BCUT2D eigenvalue weighted by atomic mass is 9.86. The molecule has 0 unspecified atom stereocenters. The Morgan fingerprint density at radius 2 is 1.43 bits per heavy atom. The molecule has 0 atom stereocenters. The fourth-order valence-electron chi connectivity index (χ4n) is 4.91. The Morgan fingerprint density at radius 3 is 2.00 bits per heavy atom. The monoisotopic (exact) mass is 459 g/mol. The zero-order chi connectivity index (χ0) is 25.1. The number of hydrogen-bond donors (Lipinski definition) is 0. The van der Waals surface area contributed by atoms with Gasteiger partial charge >= 0.3 is 0 Å². The van der Waals surface area contributed by atoms with Gasteiger partial charge < -0.3 is 8.97 Å². The predicted molar refractivity (Wildman–Crippen MR) is 144 cm³/mol. The maximum atomic E-state index is 13.9. The van der Waals surface area contributed by atoms with Gasteiger partial charge in [-0.05, 0) is 59.2 Å². The van der Waals surface area contributed by atoms with E-state index < -0.39 is 0 Å². The van der Waals surface area contributed by atoms with Crippen LogP contribution in [0, 0.1) is 25.2 Å². The summed E-state index contributed by atoms with van der Waals surface area (Å²) in [5.74, 6) is 0. The lowest BCUT2D eigenvalue weighted by Crippen LogP contribution is -2.20. The van der Waals surface area contributed by atoms with Crippen LogP contribution in [0.1, 0.15) is 43.0 Å². The molecule has 2 heterocycles. The molecule has 0 aliphatic rings. The lowest BCUT2D eigenvalue weighted by molar-refractivity contribution is 0.590. The Morgan fingerprint density at radius 1 is 0.829 bits per heavy atom. The molecule has 5 aromatic rings. The zero-order valence-electron chi connectivity index (χ0n) is 21.1. The minimum Gasteiger partial charge on any atom is -0.308 e.